The third kappa shape index (κ3) is 4.00. The van der Waals surface area contributed by atoms with Crippen molar-refractivity contribution in [1.82, 2.24) is 0 Å². The topological polar surface area (TPSA) is 0 Å². The van der Waals surface area contributed by atoms with Crippen molar-refractivity contribution in [3.05, 3.63) is 83.9 Å². The lowest BCUT2D eigenvalue weighted by atomic mass is 9.78. The summed E-state index contributed by atoms with van der Waals surface area (Å²) in [7, 11) is 0. The van der Waals surface area contributed by atoms with E-state index in [4.69, 9.17) is 0 Å². The van der Waals surface area contributed by atoms with E-state index in [1.54, 1.807) is 0 Å². The van der Waals surface area contributed by atoms with Crippen molar-refractivity contribution in [1.29, 1.82) is 0 Å². The van der Waals surface area contributed by atoms with E-state index in [0.29, 0.717) is 0 Å². The molecule has 1 fully saturated rings. The molecule has 0 heteroatoms. The summed E-state index contributed by atoms with van der Waals surface area (Å²) in [5.41, 5.74) is 5.56. The molecule has 0 saturated heterocycles. The zero-order valence-corrected chi connectivity index (χ0v) is 16.6. The van der Waals surface area contributed by atoms with Crippen LogP contribution in [0.1, 0.15) is 56.6 Å². The SMILES string of the molecule is C/C=C/C1CCC(c2ccc(-c3ccc4cc(CC)ccc4c3)cc2)CC1. The molecule has 0 amide bonds. The lowest BCUT2D eigenvalue weighted by molar-refractivity contribution is 0.376. The first kappa shape index (κ1) is 18.0. The molecule has 0 N–H and O–H groups in total. The van der Waals surface area contributed by atoms with Gasteiger partial charge in [0.25, 0.3) is 0 Å². The summed E-state index contributed by atoms with van der Waals surface area (Å²) in [6.07, 6.45) is 11.0. The van der Waals surface area contributed by atoms with Crippen LogP contribution in [0.4, 0.5) is 0 Å². The van der Waals surface area contributed by atoms with Crippen molar-refractivity contribution in [3.8, 4) is 11.1 Å². The minimum atomic E-state index is 0.740. The summed E-state index contributed by atoms with van der Waals surface area (Å²) in [5, 5.41) is 2.67. The number of hydrogen-bond donors (Lipinski definition) is 0. The molecule has 27 heavy (non-hydrogen) atoms. The molecule has 1 aliphatic carbocycles. The summed E-state index contributed by atoms with van der Waals surface area (Å²) in [5.74, 6) is 1.54. The highest BCUT2D eigenvalue weighted by Gasteiger charge is 2.20. The van der Waals surface area contributed by atoms with Crippen LogP contribution in [0.3, 0.4) is 0 Å². The van der Waals surface area contributed by atoms with Gasteiger partial charge >= 0.3 is 0 Å². The lowest BCUT2D eigenvalue weighted by Gasteiger charge is -2.27. The van der Waals surface area contributed by atoms with E-state index in [0.717, 1.165) is 18.3 Å². The lowest BCUT2D eigenvalue weighted by Crippen LogP contribution is -2.11. The van der Waals surface area contributed by atoms with Gasteiger partial charge in [0.2, 0.25) is 0 Å². The van der Waals surface area contributed by atoms with Crippen LogP contribution in [0.2, 0.25) is 0 Å². The third-order valence-electron chi connectivity index (χ3n) is 6.26. The van der Waals surface area contributed by atoms with E-state index in [1.165, 1.54) is 58.7 Å². The van der Waals surface area contributed by atoms with Crippen molar-refractivity contribution in [3.63, 3.8) is 0 Å². The highest BCUT2D eigenvalue weighted by molar-refractivity contribution is 5.87. The molecule has 0 spiro atoms. The maximum absolute atomic E-state index is 2.39. The first-order valence-electron chi connectivity index (χ1n) is 10.5. The van der Waals surface area contributed by atoms with Crippen molar-refractivity contribution < 1.29 is 0 Å². The van der Waals surface area contributed by atoms with Gasteiger partial charge in [0.1, 0.15) is 0 Å². The van der Waals surface area contributed by atoms with Gasteiger partial charge in [-0.1, -0.05) is 73.7 Å². The largest absolute Gasteiger partial charge is 0.0914 e. The average molecular weight is 355 g/mol. The monoisotopic (exact) mass is 354 g/mol. The fourth-order valence-electron chi connectivity index (χ4n) is 4.56. The van der Waals surface area contributed by atoms with Crippen LogP contribution in [0.25, 0.3) is 21.9 Å². The Hall–Kier alpha value is -2.34. The number of rotatable bonds is 4. The number of fused-ring (bicyclic) bond motifs is 1. The molecule has 0 nitrogen and oxygen atoms in total. The summed E-state index contributed by atoms with van der Waals surface area (Å²) >= 11 is 0. The highest BCUT2D eigenvalue weighted by atomic mass is 14.3. The van der Waals surface area contributed by atoms with Gasteiger partial charge in [0.15, 0.2) is 0 Å². The molecule has 0 unspecified atom stereocenters. The van der Waals surface area contributed by atoms with E-state index < -0.39 is 0 Å². The normalized spacial score (nSPS) is 20.4. The molecule has 0 bridgehead atoms. The van der Waals surface area contributed by atoms with E-state index >= 15 is 0 Å². The fourth-order valence-corrected chi connectivity index (χ4v) is 4.56. The first-order valence-corrected chi connectivity index (χ1v) is 10.5. The Balaban J connectivity index is 1.51. The second kappa shape index (κ2) is 8.13. The smallest absolute Gasteiger partial charge is 0.0162 e. The molecule has 0 radical (unpaired) electrons. The maximum atomic E-state index is 2.39. The van der Waals surface area contributed by atoms with Crippen LogP contribution in [-0.4, -0.2) is 0 Å². The minimum Gasteiger partial charge on any atom is -0.0914 e. The van der Waals surface area contributed by atoms with Gasteiger partial charge in [-0.2, -0.15) is 0 Å². The van der Waals surface area contributed by atoms with Gasteiger partial charge in [-0.05, 0) is 90.0 Å². The Labute approximate surface area is 163 Å². The van der Waals surface area contributed by atoms with Crippen molar-refractivity contribution in [2.45, 2.75) is 51.9 Å². The second-order valence-corrected chi connectivity index (χ2v) is 8.01. The fraction of sp³-hybridized carbons (Fsp3) is 0.333. The van der Waals surface area contributed by atoms with E-state index in [-0.39, 0.29) is 0 Å². The average Bonchev–Trinajstić information content (AvgIpc) is 2.74. The van der Waals surface area contributed by atoms with Gasteiger partial charge in [-0.15, -0.1) is 0 Å². The summed E-state index contributed by atoms with van der Waals surface area (Å²) < 4.78 is 0. The third-order valence-corrected chi connectivity index (χ3v) is 6.26. The molecular weight excluding hydrogens is 324 g/mol. The predicted molar refractivity (Wildman–Crippen MR) is 118 cm³/mol. The van der Waals surface area contributed by atoms with Crippen LogP contribution < -0.4 is 0 Å². The molecule has 0 aliphatic heterocycles. The van der Waals surface area contributed by atoms with Crippen molar-refractivity contribution in [2.24, 2.45) is 5.92 Å². The Morgan fingerprint density at radius 1 is 0.778 bits per heavy atom. The Morgan fingerprint density at radius 2 is 1.44 bits per heavy atom. The zero-order chi connectivity index (χ0) is 18.6. The van der Waals surface area contributed by atoms with Crippen LogP contribution in [0, 0.1) is 5.92 Å². The number of aryl methyl sites for hydroxylation is 1. The molecule has 138 valence electrons. The molecule has 1 aliphatic rings. The molecule has 3 aromatic rings. The maximum Gasteiger partial charge on any atom is -0.0162 e. The molecule has 3 aromatic carbocycles. The van der Waals surface area contributed by atoms with Crippen LogP contribution in [-0.2, 0) is 6.42 Å². The predicted octanol–water partition coefficient (Wildman–Crippen LogP) is 7.92. The molecule has 0 heterocycles. The number of allylic oxidation sites excluding steroid dienone is 2. The summed E-state index contributed by atoms with van der Waals surface area (Å²) in [4.78, 5) is 0. The van der Waals surface area contributed by atoms with E-state index in [9.17, 15) is 0 Å². The van der Waals surface area contributed by atoms with Gasteiger partial charge in [0.05, 0.1) is 0 Å². The minimum absolute atomic E-state index is 0.740. The second-order valence-electron chi connectivity index (χ2n) is 8.01. The van der Waals surface area contributed by atoms with E-state index in [1.807, 2.05) is 0 Å². The quantitative estimate of drug-likeness (QED) is 0.417. The summed E-state index contributed by atoms with van der Waals surface area (Å²) in [6.45, 7) is 4.35. The Kier molecular flexibility index (Phi) is 5.43. The molecular formula is C27H30. The van der Waals surface area contributed by atoms with Gasteiger partial charge in [-0.3, -0.25) is 0 Å². The standard InChI is InChI=1S/C27H30/c1-3-5-21-7-9-22(10-8-21)23-12-14-24(15-13-23)26-17-16-25-18-20(4-2)6-11-27(25)19-26/h3,5-6,11-19,21-22H,4,7-10H2,1-2H3/b5-3+. The van der Waals surface area contributed by atoms with E-state index in [2.05, 4.69) is 86.7 Å². The van der Waals surface area contributed by atoms with Crippen LogP contribution in [0.15, 0.2) is 72.8 Å². The van der Waals surface area contributed by atoms with Crippen molar-refractivity contribution in [2.75, 3.05) is 0 Å². The highest BCUT2D eigenvalue weighted by Crippen LogP contribution is 2.37. The van der Waals surface area contributed by atoms with Crippen LogP contribution >= 0.6 is 0 Å². The van der Waals surface area contributed by atoms with Gasteiger partial charge < -0.3 is 0 Å². The molecule has 0 atom stereocenters. The zero-order valence-electron chi connectivity index (χ0n) is 16.6. The number of benzene rings is 3. The summed E-state index contributed by atoms with van der Waals surface area (Å²) in [6, 6.07) is 23.0. The Morgan fingerprint density at radius 3 is 2.15 bits per heavy atom. The van der Waals surface area contributed by atoms with Crippen LogP contribution in [0.5, 0.6) is 0 Å². The van der Waals surface area contributed by atoms with Gasteiger partial charge in [-0.25, -0.2) is 0 Å². The van der Waals surface area contributed by atoms with Crippen molar-refractivity contribution >= 4 is 10.8 Å². The number of hydrogen-bond acceptors (Lipinski definition) is 0. The first-order chi connectivity index (χ1) is 13.3. The van der Waals surface area contributed by atoms with Gasteiger partial charge in [0, 0.05) is 0 Å². The Bertz CT molecular complexity index is 922. The molecule has 4 rings (SSSR count). The molecule has 0 aromatic heterocycles. The molecule has 1 saturated carbocycles.